The highest BCUT2D eigenvalue weighted by atomic mass is 14.9. The normalized spacial score (nSPS) is 9.27. The van der Waals surface area contributed by atoms with Crippen LogP contribution in [-0.2, 0) is 6.42 Å². The summed E-state index contributed by atoms with van der Waals surface area (Å²) in [6.07, 6.45) is 4.55. The maximum Gasteiger partial charge on any atom is 0.0669 e. The van der Waals surface area contributed by atoms with Crippen LogP contribution in [0.5, 0.6) is 0 Å². The standard InChI is InChI=1S/C13H16N2/c1-2-3-4-11-15-13-7-5-12(6-8-13)9-10-14/h2,5-8,15H,1,3-4,9,11H2. The van der Waals surface area contributed by atoms with Crippen LogP contribution in [0.3, 0.4) is 0 Å². The van der Waals surface area contributed by atoms with Crippen LogP contribution >= 0.6 is 0 Å². The zero-order chi connectivity index (χ0) is 10.9. The van der Waals surface area contributed by atoms with Gasteiger partial charge in [0.25, 0.3) is 0 Å². The van der Waals surface area contributed by atoms with Crippen LogP contribution in [0.2, 0.25) is 0 Å². The highest BCUT2D eigenvalue weighted by molar-refractivity contribution is 5.44. The van der Waals surface area contributed by atoms with Gasteiger partial charge in [-0.15, -0.1) is 6.58 Å². The number of anilines is 1. The molecule has 0 saturated heterocycles. The monoisotopic (exact) mass is 200 g/mol. The average Bonchev–Trinajstić information content (AvgIpc) is 2.27. The third kappa shape index (κ3) is 4.33. The smallest absolute Gasteiger partial charge is 0.0669 e. The number of nitrogens with zero attached hydrogens (tertiary/aromatic N) is 1. The summed E-state index contributed by atoms with van der Waals surface area (Å²) in [5, 5.41) is 11.8. The molecule has 0 aliphatic carbocycles. The minimum absolute atomic E-state index is 0.483. The summed E-state index contributed by atoms with van der Waals surface area (Å²) in [5.74, 6) is 0. The predicted molar refractivity (Wildman–Crippen MR) is 63.7 cm³/mol. The molecule has 1 aromatic rings. The quantitative estimate of drug-likeness (QED) is 0.565. The maximum atomic E-state index is 8.51. The van der Waals surface area contributed by atoms with Gasteiger partial charge in [-0.05, 0) is 30.5 Å². The van der Waals surface area contributed by atoms with E-state index in [1.807, 2.05) is 30.3 Å². The number of hydrogen-bond donors (Lipinski definition) is 1. The van der Waals surface area contributed by atoms with Crippen molar-refractivity contribution < 1.29 is 0 Å². The molecular weight excluding hydrogens is 184 g/mol. The lowest BCUT2D eigenvalue weighted by molar-refractivity contribution is 0.891. The Kier molecular flexibility index (Phi) is 5.03. The van der Waals surface area contributed by atoms with Gasteiger partial charge in [-0.1, -0.05) is 18.2 Å². The van der Waals surface area contributed by atoms with E-state index in [1.165, 1.54) is 0 Å². The Labute approximate surface area is 91.2 Å². The van der Waals surface area contributed by atoms with Crippen molar-refractivity contribution in [3.05, 3.63) is 42.5 Å². The van der Waals surface area contributed by atoms with Crippen molar-refractivity contribution in [2.24, 2.45) is 0 Å². The Morgan fingerprint density at radius 3 is 2.67 bits per heavy atom. The van der Waals surface area contributed by atoms with Crippen LogP contribution in [0.4, 0.5) is 5.69 Å². The van der Waals surface area contributed by atoms with Gasteiger partial charge >= 0.3 is 0 Å². The van der Waals surface area contributed by atoms with Crippen LogP contribution in [0, 0.1) is 11.3 Å². The van der Waals surface area contributed by atoms with Gasteiger partial charge in [0.2, 0.25) is 0 Å². The first-order valence-corrected chi connectivity index (χ1v) is 5.17. The lowest BCUT2D eigenvalue weighted by Gasteiger charge is -2.05. The van der Waals surface area contributed by atoms with E-state index in [4.69, 9.17) is 5.26 Å². The number of benzene rings is 1. The molecule has 0 fully saturated rings. The number of allylic oxidation sites excluding steroid dienone is 1. The molecule has 1 N–H and O–H groups in total. The van der Waals surface area contributed by atoms with Crippen LogP contribution in [-0.4, -0.2) is 6.54 Å². The zero-order valence-corrected chi connectivity index (χ0v) is 8.87. The van der Waals surface area contributed by atoms with E-state index in [-0.39, 0.29) is 0 Å². The Bertz CT molecular complexity index is 333. The molecule has 0 amide bonds. The fourth-order valence-electron chi connectivity index (χ4n) is 1.31. The molecular formula is C13H16N2. The molecule has 0 heterocycles. The van der Waals surface area contributed by atoms with Crippen LogP contribution in [0.15, 0.2) is 36.9 Å². The number of nitrogens with one attached hydrogen (secondary N) is 1. The number of unbranched alkanes of at least 4 members (excludes halogenated alkanes) is 1. The maximum absolute atomic E-state index is 8.51. The van der Waals surface area contributed by atoms with Gasteiger partial charge in [0, 0.05) is 12.2 Å². The van der Waals surface area contributed by atoms with Gasteiger partial charge < -0.3 is 5.32 Å². The second kappa shape index (κ2) is 6.67. The van der Waals surface area contributed by atoms with E-state index in [9.17, 15) is 0 Å². The zero-order valence-electron chi connectivity index (χ0n) is 8.87. The van der Waals surface area contributed by atoms with E-state index in [1.54, 1.807) is 0 Å². The summed E-state index contributed by atoms with van der Waals surface area (Å²) in [7, 11) is 0. The minimum Gasteiger partial charge on any atom is -0.385 e. The van der Waals surface area contributed by atoms with E-state index in [2.05, 4.69) is 18.0 Å². The molecule has 0 atom stereocenters. The van der Waals surface area contributed by atoms with Crippen LogP contribution in [0.25, 0.3) is 0 Å². The third-order valence-corrected chi connectivity index (χ3v) is 2.15. The molecule has 0 aromatic heterocycles. The molecule has 2 heteroatoms. The fourth-order valence-corrected chi connectivity index (χ4v) is 1.31. The molecule has 0 aliphatic heterocycles. The Hall–Kier alpha value is -1.75. The molecule has 1 aromatic carbocycles. The van der Waals surface area contributed by atoms with Gasteiger partial charge in [0.1, 0.15) is 0 Å². The summed E-state index contributed by atoms with van der Waals surface area (Å²) in [6.45, 7) is 4.64. The largest absolute Gasteiger partial charge is 0.385 e. The highest BCUT2D eigenvalue weighted by Gasteiger charge is 1.93. The van der Waals surface area contributed by atoms with E-state index in [0.717, 1.165) is 30.6 Å². The SMILES string of the molecule is C=CCCCNc1ccc(CC#N)cc1. The van der Waals surface area contributed by atoms with Crippen LogP contribution < -0.4 is 5.32 Å². The van der Waals surface area contributed by atoms with Crippen molar-refractivity contribution in [2.45, 2.75) is 19.3 Å². The summed E-state index contributed by atoms with van der Waals surface area (Å²) in [4.78, 5) is 0. The van der Waals surface area contributed by atoms with Gasteiger partial charge in [-0.25, -0.2) is 0 Å². The summed E-state index contributed by atoms with van der Waals surface area (Å²) in [5.41, 5.74) is 2.18. The van der Waals surface area contributed by atoms with Crippen molar-refractivity contribution in [2.75, 3.05) is 11.9 Å². The van der Waals surface area contributed by atoms with Gasteiger partial charge in [-0.2, -0.15) is 5.26 Å². The number of hydrogen-bond acceptors (Lipinski definition) is 2. The number of nitriles is 1. The predicted octanol–water partition coefficient (Wildman–Crippen LogP) is 3.13. The summed E-state index contributed by atoms with van der Waals surface area (Å²) in [6, 6.07) is 10.1. The first kappa shape index (κ1) is 11.3. The number of rotatable bonds is 6. The Morgan fingerprint density at radius 2 is 2.07 bits per heavy atom. The lowest BCUT2D eigenvalue weighted by atomic mass is 10.1. The van der Waals surface area contributed by atoms with Crippen molar-refractivity contribution in [3.8, 4) is 6.07 Å². The van der Waals surface area contributed by atoms with E-state index in [0.29, 0.717) is 6.42 Å². The van der Waals surface area contributed by atoms with Crippen LogP contribution in [0.1, 0.15) is 18.4 Å². The van der Waals surface area contributed by atoms with Crippen molar-refractivity contribution in [3.63, 3.8) is 0 Å². The molecule has 0 aliphatic rings. The van der Waals surface area contributed by atoms with Gasteiger partial charge in [0.15, 0.2) is 0 Å². The molecule has 0 bridgehead atoms. The van der Waals surface area contributed by atoms with E-state index >= 15 is 0 Å². The minimum atomic E-state index is 0.483. The van der Waals surface area contributed by atoms with Crippen molar-refractivity contribution in [1.82, 2.24) is 0 Å². The molecule has 0 radical (unpaired) electrons. The van der Waals surface area contributed by atoms with Crippen molar-refractivity contribution >= 4 is 5.69 Å². The van der Waals surface area contributed by atoms with Crippen molar-refractivity contribution in [1.29, 1.82) is 5.26 Å². The molecule has 0 saturated carbocycles. The molecule has 2 nitrogen and oxygen atoms in total. The highest BCUT2D eigenvalue weighted by Crippen LogP contribution is 2.09. The first-order chi connectivity index (χ1) is 7.36. The third-order valence-electron chi connectivity index (χ3n) is 2.15. The second-order valence-electron chi connectivity index (χ2n) is 3.39. The second-order valence-corrected chi connectivity index (χ2v) is 3.39. The molecule has 0 spiro atoms. The Morgan fingerprint density at radius 1 is 1.33 bits per heavy atom. The first-order valence-electron chi connectivity index (χ1n) is 5.17. The van der Waals surface area contributed by atoms with E-state index < -0.39 is 0 Å². The topological polar surface area (TPSA) is 35.8 Å². The lowest BCUT2D eigenvalue weighted by Crippen LogP contribution is -2.00. The summed E-state index contributed by atoms with van der Waals surface area (Å²) >= 11 is 0. The average molecular weight is 200 g/mol. The van der Waals surface area contributed by atoms with Gasteiger partial charge in [-0.3, -0.25) is 0 Å². The Balaban J connectivity index is 2.36. The molecule has 0 unspecified atom stereocenters. The van der Waals surface area contributed by atoms with Gasteiger partial charge in [0.05, 0.1) is 12.5 Å². The molecule has 1 rings (SSSR count). The molecule has 78 valence electrons. The summed E-state index contributed by atoms with van der Waals surface area (Å²) < 4.78 is 0. The fraction of sp³-hybridized carbons (Fsp3) is 0.308. The molecule has 15 heavy (non-hydrogen) atoms.